The zero-order chi connectivity index (χ0) is 19.5. The number of methoxy groups -OCH3 is 2. The fourth-order valence-corrected chi connectivity index (χ4v) is 3.30. The first-order valence-corrected chi connectivity index (χ1v) is 9.49. The van der Waals surface area contributed by atoms with E-state index in [9.17, 15) is 4.79 Å². The molecule has 3 nitrogen and oxygen atoms in total. The Hall–Kier alpha value is -2.03. The Morgan fingerprint density at radius 1 is 1.19 bits per heavy atom. The third kappa shape index (κ3) is 6.05. The van der Waals surface area contributed by atoms with Crippen LogP contribution in [0.25, 0.3) is 0 Å². The minimum atomic E-state index is -0.182. The smallest absolute Gasteiger partial charge is 0.126 e. The molecule has 0 radical (unpaired) electrons. The van der Waals surface area contributed by atoms with Crippen molar-refractivity contribution in [3.63, 3.8) is 0 Å². The summed E-state index contributed by atoms with van der Waals surface area (Å²) in [6, 6.07) is 4.15. The molecule has 0 aliphatic carbocycles. The van der Waals surface area contributed by atoms with Crippen LogP contribution in [0.1, 0.15) is 63.0 Å². The number of rotatable bonds is 13. The highest BCUT2D eigenvalue weighted by molar-refractivity contribution is 5.61. The van der Waals surface area contributed by atoms with Crippen molar-refractivity contribution in [2.45, 2.75) is 58.3 Å². The molecular formula is C23H34O3. The Kier molecular flexibility index (Phi) is 9.79. The summed E-state index contributed by atoms with van der Waals surface area (Å²) in [5.74, 6) is 1.20. The Balaban J connectivity index is 3.25. The lowest BCUT2D eigenvalue weighted by Gasteiger charge is -2.25. The molecule has 3 heteroatoms. The largest absolute Gasteiger partial charge is 0.496 e. The van der Waals surface area contributed by atoms with Crippen molar-refractivity contribution in [3.8, 4) is 11.5 Å². The van der Waals surface area contributed by atoms with E-state index in [0.717, 1.165) is 54.6 Å². The molecule has 0 amide bonds. The number of ether oxygens (including phenoxy) is 2. The van der Waals surface area contributed by atoms with E-state index in [1.807, 2.05) is 13.0 Å². The maximum atomic E-state index is 11.8. The molecule has 0 aliphatic rings. The fraction of sp³-hybridized carbons (Fsp3) is 0.522. The Morgan fingerprint density at radius 3 is 2.23 bits per heavy atom. The van der Waals surface area contributed by atoms with Crippen molar-refractivity contribution in [1.82, 2.24) is 0 Å². The lowest BCUT2D eigenvalue weighted by atomic mass is 9.82. The molecule has 0 heterocycles. The second-order valence-corrected chi connectivity index (χ2v) is 6.93. The molecule has 0 fully saturated rings. The maximum Gasteiger partial charge on any atom is 0.126 e. The molecular weight excluding hydrogens is 324 g/mol. The molecule has 2 unspecified atom stereocenters. The van der Waals surface area contributed by atoms with E-state index in [2.05, 4.69) is 32.2 Å². The first-order chi connectivity index (χ1) is 12.5. The van der Waals surface area contributed by atoms with Crippen LogP contribution in [-0.4, -0.2) is 20.5 Å². The quantitative estimate of drug-likeness (QED) is 0.251. The van der Waals surface area contributed by atoms with E-state index in [1.54, 1.807) is 14.2 Å². The van der Waals surface area contributed by atoms with Crippen LogP contribution < -0.4 is 9.47 Å². The topological polar surface area (TPSA) is 35.5 Å². The first-order valence-electron chi connectivity index (χ1n) is 9.49. The molecule has 1 rings (SSSR count). The predicted molar refractivity (Wildman–Crippen MR) is 109 cm³/mol. The minimum Gasteiger partial charge on any atom is -0.496 e. The average Bonchev–Trinajstić information content (AvgIpc) is 2.64. The number of benzene rings is 1. The Morgan fingerprint density at radius 2 is 1.81 bits per heavy atom. The normalized spacial score (nSPS) is 12.9. The highest BCUT2D eigenvalue weighted by Crippen LogP contribution is 2.42. The van der Waals surface area contributed by atoms with Crippen molar-refractivity contribution >= 4 is 6.29 Å². The van der Waals surface area contributed by atoms with E-state index in [4.69, 9.17) is 9.47 Å². The van der Waals surface area contributed by atoms with Crippen LogP contribution in [-0.2, 0) is 11.2 Å². The number of carbonyl (C=O) groups excluding carboxylic acids is 1. The van der Waals surface area contributed by atoms with Crippen LogP contribution in [0.3, 0.4) is 0 Å². The molecule has 0 spiro atoms. The zero-order valence-corrected chi connectivity index (χ0v) is 16.8. The summed E-state index contributed by atoms with van der Waals surface area (Å²) in [6.07, 6.45) is 8.92. The molecule has 0 aromatic heterocycles. The number of hydrogen-bond donors (Lipinski definition) is 0. The molecule has 144 valence electrons. The van der Waals surface area contributed by atoms with Gasteiger partial charge in [-0.25, -0.2) is 0 Å². The highest BCUT2D eigenvalue weighted by atomic mass is 16.5. The van der Waals surface area contributed by atoms with Crippen molar-refractivity contribution < 1.29 is 14.3 Å². The number of unbranched alkanes of at least 4 members (excludes halogenated alkanes) is 2. The number of hydrogen-bond acceptors (Lipinski definition) is 3. The van der Waals surface area contributed by atoms with E-state index in [-0.39, 0.29) is 11.8 Å². The molecule has 2 atom stereocenters. The summed E-state index contributed by atoms with van der Waals surface area (Å²) in [5, 5.41) is 0. The van der Waals surface area contributed by atoms with Gasteiger partial charge in [0.15, 0.2) is 0 Å². The summed E-state index contributed by atoms with van der Waals surface area (Å²) >= 11 is 0. The van der Waals surface area contributed by atoms with Gasteiger partial charge in [0, 0.05) is 17.4 Å². The van der Waals surface area contributed by atoms with Gasteiger partial charge in [0.2, 0.25) is 0 Å². The number of allylic oxidation sites excluding steroid dienone is 2. The summed E-state index contributed by atoms with van der Waals surface area (Å²) in [6.45, 7) is 12.1. The van der Waals surface area contributed by atoms with Gasteiger partial charge in [0.1, 0.15) is 17.8 Å². The van der Waals surface area contributed by atoms with Gasteiger partial charge in [-0.3, -0.25) is 0 Å². The molecule has 0 saturated heterocycles. The second kappa shape index (κ2) is 11.6. The van der Waals surface area contributed by atoms with E-state index >= 15 is 0 Å². The van der Waals surface area contributed by atoms with Crippen LogP contribution in [0.4, 0.5) is 0 Å². The van der Waals surface area contributed by atoms with Gasteiger partial charge in [0.05, 0.1) is 14.2 Å². The molecule has 0 N–H and O–H groups in total. The van der Waals surface area contributed by atoms with Gasteiger partial charge >= 0.3 is 0 Å². The Bertz CT molecular complexity index is 578. The number of aldehydes is 1. The zero-order valence-electron chi connectivity index (χ0n) is 16.8. The summed E-state index contributed by atoms with van der Waals surface area (Å²) in [4.78, 5) is 11.8. The molecule has 0 bridgehead atoms. The minimum absolute atomic E-state index is 0.151. The first kappa shape index (κ1) is 22.0. The monoisotopic (exact) mass is 358 g/mol. The van der Waals surface area contributed by atoms with Crippen molar-refractivity contribution in [2.75, 3.05) is 14.2 Å². The van der Waals surface area contributed by atoms with Gasteiger partial charge in [-0.2, -0.15) is 0 Å². The Labute approximate surface area is 159 Å². The third-order valence-corrected chi connectivity index (χ3v) is 4.80. The standard InChI is InChI=1S/C23H34O3/c1-7-9-10-11-18-14-21(25-5)23(22(15-18)26-6)20(8-2)19(16-24)13-12-17(3)4/h8,14-16,19-20H,2-3,7,9-13H2,1,4-6H3. The van der Waals surface area contributed by atoms with Crippen LogP contribution in [0, 0.1) is 5.92 Å². The van der Waals surface area contributed by atoms with Gasteiger partial charge in [0.25, 0.3) is 0 Å². The molecule has 1 aromatic rings. The maximum absolute atomic E-state index is 11.8. The van der Waals surface area contributed by atoms with Crippen LogP contribution in [0.5, 0.6) is 11.5 Å². The van der Waals surface area contributed by atoms with Crippen molar-refractivity contribution in [3.05, 3.63) is 48.1 Å². The van der Waals surface area contributed by atoms with E-state index < -0.39 is 0 Å². The highest BCUT2D eigenvalue weighted by Gasteiger charge is 2.27. The predicted octanol–water partition coefficient (Wildman–Crippen LogP) is 5.88. The molecule has 0 saturated carbocycles. The lowest BCUT2D eigenvalue weighted by molar-refractivity contribution is -0.111. The van der Waals surface area contributed by atoms with Gasteiger partial charge in [-0.05, 0) is 50.3 Å². The van der Waals surface area contributed by atoms with Crippen LogP contribution in [0.2, 0.25) is 0 Å². The summed E-state index contributed by atoms with van der Waals surface area (Å²) in [5.41, 5.74) is 3.18. The van der Waals surface area contributed by atoms with Crippen molar-refractivity contribution in [2.24, 2.45) is 5.92 Å². The SMILES string of the molecule is C=CC(c1c(OC)cc(CCCCC)cc1OC)C(C=O)CCC(=C)C. The van der Waals surface area contributed by atoms with Gasteiger partial charge < -0.3 is 14.3 Å². The fourth-order valence-electron chi connectivity index (χ4n) is 3.30. The van der Waals surface area contributed by atoms with Crippen LogP contribution in [0.15, 0.2) is 36.9 Å². The van der Waals surface area contributed by atoms with Crippen LogP contribution >= 0.6 is 0 Å². The van der Waals surface area contributed by atoms with Gasteiger partial charge in [-0.1, -0.05) is 31.4 Å². The van der Waals surface area contributed by atoms with E-state index in [1.165, 1.54) is 18.4 Å². The van der Waals surface area contributed by atoms with Gasteiger partial charge in [-0.15, -0.1) is 13.2 Å². The molecule has 26 heavy (non-hydrogen) atoms. The number of carbonyl (C=O) groups is 1. The second-order valence-electron chi connectivity index (χ2n) is 6.93. The summed E-state index contributed by atoms with van der Waals surface area (Å²) < 4.78 is 11.4. The molecule has 1 aromatic carbocycles. The van der Waals surface area contributed by atoms with E-state index in [0.29, 0.717) is 0 Å². The third-order valence-electron chi connectivity index (χ3n) is 4.80. The molecule has 0 aliphatic heterocycles. The van der Waals surface area contributed by atoms with Crippen molar-refractivity contribution in [1.29, 1.82) is 0 Å². The summed E-state index contributed by atoms with van der Waals surface area (Å²) in [7, 11) is 3.33. The average molecular weight is 359 g/mol. The number of aryl methyl sites for hydroxylation is 1. The lowest BCUT2D eigenvalue weighted by Crippen LogP contribution is -2.15.